The lowest BCUT2D eigenvalue weighted by atomic mass is 10.2. The summed E-state index contributed by atoms with van der Waals surface area (Å²) in [5.74, 6) is -0.620. The maximum atomic E-state index is 12.1. The van der Waals surface area contributed by atoms with Crippen molar-refractivity contribution in [3.63, 3.8) is 0 Å². The van der Waals surface area contributed by atoms with Crippen molar-refractivity contribution >= 4 is 5.97 Å². The summed E-state index contributed by atoms with van der Waals surface area (Å²) in [6.07, 6.45) is -6.24. The highest BCUT2D eigenvalue weighted by Gasteiger charge is 2.44. The number of ether oxygens (including phenoxy) is 2. The average molecular weight is 213 g/mol. The van der Waals surface area contributed by atoms with Crippen LogP contribution in [0.3, 0.4) is 0 Å². The summed E-state index contributed by atoms with van der Waals surface area (Å²) in [6, 6.07) is -0.807. The first-order valence-electron chi connectivity index (χ1n) is 3.94. The van der Waals surface area contributed by atoms with Crippen LogP contribution >= 0.6 is 0 Å². The molecule has 0 aromatic carbocycles. The summed E-state index contributed by atoms with van der Waals surface area (Å²) in [5, 5.41) is 2.41. The molecule has 1 heterocycles. The van der Waals surface area contributed by atoms with E-state index in [1.165, 1.54) is 7.11 Å². The van der Waals surface area contributed by atoms with Gasteiger partial charge in [-0.2, -0.15) is 13.2 Å². The Kier molecular flexibility index (Phi) is 3.33. The van der Waals surface area contributed by atoms with Gasteiger partial charge in [-0.3, -0.25) is 10.1 Å². The molecule has 2 atom stereocenters. The molecular weight excluding hydrogens is 203 g/mol. The second-order valence-electron chi connectivity index (χ2n) is 2.85. The fourth-order valence-corrected chi connectivity index (χ4v) is 1.08. The number of hydrogen-bond donors (Lipinski definition) is 1. The van der Waals surface area contributed by atoms with Gasteiger partial charge in [-0.1, -0.05) is 0 Å². The molecule has 1 aliphatic heterocycles. The maximum absolute atomic E-state index is 12.1. The molecule has 0 aromatic heterocycles. The van der Waals surface area contributed by atoms with Crippen molar-refractivity contribution in [3.8, 4) is 0 Å². The molecule has 0 aromatic rings. The van der Waals surface area contributed by atoms with E-state index in [4.69, 9.17) is 0 Å². The fraction of sp³-hybridized carbons (Fsp3) is 0.857. The first-order valence-corrected chi connectivity index (χ1v) is 3.94. The molecule has 1 fully saturated rings. The molecule has 0 saturated carbocycles. The highest BCUT2D eigenvalue weighted by molar-refractivity contribution is 5.75. The molecule has 1 N–H and O–H groups in total. The highest BCUT2D eigenvalue weighted by atomic mass is 19.4. The number of nitrogens with one attached hydrogen (secondary N) is 1. The zero-order valence-corrected chi connectivity index (χ0v) is 7.43. The van der Waals surface area contributed by atoms with E-state index < -0.39 is 30.8 Å². The van der Waals surface area contributed by atoms with Crippen LogP contribution in [0.15, 0.2) is 0 Å². The number of methoxy groups -OCH3 is 1. The van der Waals surface area contributed by atoms with Crippen LogP contribution in [0.1, 0.15) is 0 Å². The van der Waals surface area contributed by atoms with Gasteiger partial charge >= 0.3 is 12.1 Å². The van der Waals surface area contributed by atoms with Gasteiger partial charge < -0.3 is 9.47 Å². The maximum Gasteiger partial charge on any atom is 0.415 e. The Balaban J connectivity index is 2.43. The van der Waals surface area contributed by atoms with E-state index in [1.54, 1.807) is 0 Å². The Morgan fingerprint density at radius 2 is 2.21 bits per heavy atom. The zero-order chi connectivity index (χ0) is 10.8. The predicted molar refractivity (Wildman–Crippen MR) is 39.6 cm³/mol. The topological polar surface area (TPSA) is 47.6 Å². The first kappa shape index (κ1) is 11.3. The average Bonchev–Trinajstić information content (AvgIpc) is 2.15. The van der Waals surface area contributed by atoms with Crippen LogP contribution in [0.5, 0.6) is 0 Å². The molecule has 1 aliphatic rings. The lowest BCUT2D eigenvalue weighted by Crippen LogP contribution is -2.54. The third kappa shape index (κ3) is 2.58. The van der Waals surface area contributed by atoms with Crippen LogP contribution in [0, 0.1) is 0 Å². The predicted octanol–water partition coefficient (Wildman–Crippen LogP) is 0.0787. The normalized spacial score (nSPS) is 28.6. The van der Waals surface area contributed by atoms with Crippen LogP contribution in [0.25, 0.3) is 0 Å². The lowest BCUT2D eigenvalue weighted by Gasteiger charge is -2.29. The number of rotatable bonds is 1. The van der Waals surface area contributed by atoms with Gasteiger partial charge in [-0.05, 0) is 0 Å². The van der Waals surface area contributed by atoms with Gasteiger partial charge in [0.2, 0.25) is 0 Å². The lowest BCUT2D eigenvalue weighted by molar-refractivity contribution is -0.230. The Bertz CT molecular complexity index is 211. The number of esters is 1. The molecule has 0 unspecified atom stereocenters. The molecule has 1 saturated heterocycles. The van der Waals surface area contributed by atoms with Crippen LogP contribution in [-0.4, -0.2) is 44.6 Å². The second kappa shape index (κ2) is 4.14. The minimum absolute atomic E-state index is 0.323. The Morgan fingerprint density at radius 3 is 2.57 bits per heavy atom. The van der Waals surface area contributed by atoms with Crippen molar-refractivity contribution in [1.29, 1.82) is 0 Å². The van der Waals surface area contributed by atoms with Gasteiger partial charge in [-0.15, -0.1) is 0 Å². The molecule has 0 aliphatic carbocycles. The van der Waals surface area contributed by atoms with E-state index in [1.807, 2.05) is 0 Å². The molecule has 0 spiro atoms. The molecule has 0 radical (unpaired) electrons. The number of hydrogen-bond acceptors (Lipinski definition) is 4. The monoisotopic (exact) mass is 213 g/mol. The quantitative estimate of drug-likeness (QED) is 0.626. The third-order valence-electron chi connectivity index (χ3n) is 1.86. The van der Waals surface area contributed by atoms with Gasteiger partial charge in [0.15, 0.2) is 6.10 Å². The van der Waals surface area contributed by atoms with Gasteiger partial charge in [0.1, 0.15) is 6.04 Å². The number of carbonyl (C=O) groups is 1. The molecule has 0 amide bonds. The molecular formula is C7H10F3NO3. The standard InChI is InChI=1S/C7H10F3NO3/c1-13-6(12)4-3-14-5(2-11-4)7(8,9)10/h4-5,11H,2-3H2,1H3/t4-,5+/m0/s1. The van der Waals surface area contributed by atoms with E-state index in [2.05, 4.69) is 14.8 Å². The minimum Gasteiger partial charge on any atom is -0.468 e. The van der Waals surface area contributed by atoms with E-state index in [0.717, 1.165) is 0 Å². The highest BCUT2D eigenvalue weighted by Crippen LogP contribution is 2.24. The van der Waals surface area contributed by atoms with Crippen molar-refractivity contribution in [1.82, 2.24) is 5.32 Å². The van der Waals surface area contributed by atoms with E-state index in [0.29, 0.717) is 0 Å². The summed E-state index contributed by atoms with van der Waals surface area (Å²) < 4.78 is 45.0. The van der Waals surface area contributed by atoms with E-state index in [9.17, 15) is 18.0 Å². The number of carbonyl (C=O) groups excluding carboxylic acids is 1. The van der Waals surface area contributed by atoms with Crippen LogP contribution in [-0.2, 0) is 14.3 Å². The summed E-state index contributed by atoms with van der Waals surface area (Å²) >= 11 is 0. The first-order chi connectivity index (χ1) is 6.45. The van der Waals surface area contributed by atoms with Crippen molar-refractivity contribution in [2.24, 2.45) is 0 Å². The Morgan fingerprint density at radius 1 is 1.57 bits per heavy atom. The molecule has 7 heteroatoms. The van der Waals surface area contributed by atoms with Gasteiger partial charge in [-0.25, -0.2) is 0 Å². The Labute approximate surface area is 78.4 Å². The van der Waals surface area contributed by atoms with Gasteiger partial charge in [0.25, 0.3) is 0 Å². The molecule has 1 rings (SSSR count). The smallest absolute Gasteiger partial charge is 0.415 e. The number of halogens is 3. The second-order valence-corrected chi connectivity index (χ2v) is 2.85. The van der Waals surface area contributed by atoms with Crippen molar-refractivity contribution < 1.29 is 27.4 Å². The molecule has 82 valence electrons. The molecule has 0 bridgehead atoms. The SMILES string of the molecule is COC(=O)[C@@H]1CO[C@@H](C(F)(F)F)CN1. The zero-order valence-electron chi connectivity index (χ0n) is 7.43. The number of morpholine rings is 1. The largest absolute Gasteiger partial charge is 0.468 e. The summed E-state index contributed by atoms with van der Waals surface area (Å²) in [6.45, 7) is -0.750. The summed E-state index contributed by atoms with van der Waals surface area (Å²) in [7, 11) is 1.17. The summed E-state index contributed by atoms with van der Waals surface area (Å²) in [4.78, 5) is 10.9. The Hall–Kier alpha value is -0.820. The molecule has 14 heavy (non-hydrogen) atoms. The van der Waals surface area contributed by atoms with Crippen LogP contribution in [0.2, 0.25) is 0 Å². The van der Waals surface area contributed by atoms with Crippen molar-refractivity contribution in [3.05, 3.63) is 0 Å². The fourth-order valence-electron chi connectivity index (χ4n) is 1.08. The van der Waals surface area contributed by atoms with Crippen molar-refractivity contribution in [2.75, 3.05) is 20.3 Å². The van der Waals surface area contributed by atoms with E-state index >= 15 is 0 Å². The minimum atomic E-state index is -4.39. The number of alkyl halides is 3. The summed E-state index contributed by atoms with van der Waals surface area (Å²) in [5.41, 5.74) is 0. The van der Waals surface area contributed by atoms with Gasteiger partial charge in [0.05, 0.1) is 13.7 Å². The van der Waals surface area contributed by atoms with Crippen molar-refractivity contribution in [2.45, 2.75) is 18.3 Å². The van der Waals surface area contributed by atoms with Gasteiger partial charge in [0, 0.05) is 6.54 Å². The van der Waals surface area contributed by atoms with Crippen LogP contribution in [0.4, 0.5) is 13.2 Å². The van der Waals surface area contributed by atoms with Crippen LogP contribution < -0.4 is 5.32 Å². The molecule has 4 nitrogen and oxygen atoms in total. The third-order valence-corrected chi connectivity index (χ3v) is 1.86. The van der Waals surface area contributed by atoms with E-state index in [-0.39, 0.29) is 6.61 Å².